The van der Waals surface area contributed by atoms with Crippen LogP contribution in [0, 0.1) is 11.8 Å². The van der Waals surface area contributed by atoms with Crippen molar-refractivity contribution in [3.8, 4) is 0 Å². The summed E-state index contributed by atoms with van der Waals surface area (Å²) in [5.41, 5.74) is 0.720. The average Bonchev–Trinajstić information content (AvgIpc) is 3.05. The summed E-state index contributed by atoms with van der Waals surface area (Å²) in [5.74, 6) is 1.60. The summed E-state index contributed by atoms with van der Waals surface area (Å²) in [4.78, 5) is 27.2. The first-order valence-corrected chi connectivity index (χ1v) is 8.63. The Morgan fingerprint density at radius 3 is 2.96 bits per heavy atom. The fourth-order valence-corrected chi connectivity index (χ4v) is 3.76. The van der Waals surface area contributed by atoms with E-state index in [0.29, 0.717) is 24.9 Å². The number of hydrogen-bond donors (Lipinski definition) is 1. The highest BCUT2D eigenvalue weighted by Crippen LogP contribution is 2.36. The first kappa shape index (κ1) is 16.0. The smallest absolute Gasteiger partial charge is 0.227 e. The lowest BCUT2D eigenvalue weighted by molar-refractivity contribution is -0.118. The number of carbonyl (C=O) groups excluding carboxylic acids is 1. The van der Waals surface area contributed by atoms with E-state index >= 15 is 0 Å². The van der Waals surface area contributed by atoms with Crippen molar-refractivity contribution in [3.05, 3.63) is 43.0 Å². The van der Waals surface area contributed by atoms with E-state index in [0.717, 1.165) is 31.1 Å². The van der Waals surface area contributed by atoms with Gasteiger partial charge in [0.2, 0.25) is 11.9 Å². The lowest BCUT2D eigenvalue weighted by atomic mass is 9.83. The summed E-state index contributed by atoms with van der Waals surface area (Å²) in [6, 6.07) is 5.46. The third-order valence-electron chi connectivity index (χ3n) is 4.96. The molecular formula is C18H21N5O2. The molecule has 0 spiro atoms. The third kappa shape index (κ3) is 3.61. The van der Waals surface area contributed by atoms with Crippen LogP contribution in [0.1, 0.15) is 12.8 Å². The van der Waals surface area contributed by atoms with Gasteiger partial charge < -0.3 is 15.0 Å². The molecule has 1 N–H and O–H groups in total. The van der Waals surface area contributed by atoms with Crippen LogP contribution in [0.3, 0.4) is 0 Å². The van der Waals surface area contributed by atoms with Gasteiger partial charge in [-0.1, -0.05) is 0 Å². The normalized spacial score (nSPS) is 25.4. The van der Waals surface area contributed by atoms with Gasteiger partial charge in [0, 0.05) is 37.6 Å². The van der Waals surface area contributed by atoms with Crippen LogP contribution in [0.25, 0.3) is 0 Å². The zero-order valence-corrected chi connectivity index (χ0v) is 13.9. The van der Waals surface area contributed by atoms with Crippen molar-refractivity contribution in [1.29, 1.82) is 0 Å². The summed E-state index contributed by atoms with van der Waals surface area (Å²) in [5, 5.41) is 2.89. The maximum Gasteiger partial charge on any atom is 0.227 e. The Morgan fingerprint density at radius 1 is 1.28 bits per heavy atom. The van der Waals surface area contributed by atoms with Gasteiger partial charge in [0.05, 0.1) is 31.0 Å². The molecule has 2 aliphatic rings. The Labute approximate surface area is 146 Å². The van der Waals surface area contributed by atoms with Gasteiger partial charge in [0.25, 0.3) is 0 Å². The number of anilines is 2. The van der Waals surface area contributed by atoms with Gasteiger partial charge in [-0.2, -0.15) is 0 Å². The van der Waals surface area contributed by atoms with Crippen molar-refractivity contribution in [3.63, 3.8) is 0 Å². The van der Waals surface area contributed by atoms with E-state index in [1.54, 1.807) is 30.9 Å². The molecule has 25 heavy (non-hydrogen) atoms. The number of rotatable bonds is 4. The Hall–Kier alpha value is -2.54. The fraction of sp³-hybridized carbons (Fsp3) is 0.444. The van der Waals surface area contributed by atoms with E-state index < -0.39 is 0 Å². The average molecular weight is 339 g/mol. The molecule has 0 saturated carbocycles. The van der Waals surface area contributed by atoms with E-state index in [9.17, 15) is 4.79 Å². The summed E-state index contributed by atoms with van der Waals surface area (Å²) >= 11 is 0. The van der Waals surface area contributed by atoms with Crippen molar-refractivity contribution >= 4 is 17.5 Å². The minimum absolute atomic E-state index is 0.0134. The molecule has 2 aromatic heterocycles. The lowest BCUT2D eigenvalue weighted by Gasteiger charge is -2.35. The van der Waals surface area contributed by atoms with Gasteiger partial charge in [0.1, 0.15) is 0 Å². The molecule has 4 heterocycles. The van der Waals surface area contributed by atoms with Crippen molar-refractivity contribution in [1.82, 2.24) is 15.0 Å². The Morgan fingerprint density at radius 2 is 2.16 bits per heavy atom. The SMILES string of the molecule is O=C(C[C@@H]1OC[C@H]2CN(c3ncccn3)CC[C@H]21)Nc1cccnc1. The van der Waals surface area contributed by atoms with Crippen LogP contribution in [-0.4, -0.2) is 46.7 Å². The molecule has 0 aliphatic carbocycles. The zero-order chi connectivity index (χ0) is 17.1. The van der Waals surface area contributed by atoms with Crippen LogP contribution in [-0.2, 0) is 9.53 Å². The topological polar surface area (TPSA) is 80.2 Å². The van der Waals surface area contributed by atoms with Gasteiger partial charge in [0.15, 0.2) is 0 Å². The van der Waals surface area contributed by atoms with Gasteiger partial charge in [-0.3, -0.25) is 9.78 Å². The Balaban J connectivity index is 1.33. The number of aromatic nitrogens is 3. The highest BCUT2D eigenvalue weighted by Gasteiger charge is 2.41. The molecule has 7 nitrogen and oxygen atoms in total. The van der Waals surface area contributed by atoms with Crippen molar-refractivity contribution < 1.29 is 9.53 Å². The van der Waals surface area contributed by atoms with Crippen LogP contribution < -0.4 is 10.2 Å². The lowest BCUT2D eigenvalue weighted by Crippen LogP contribution is -2.42. The number of hydrogen-bond acceptors (Lipinski definition) is 6. The second-order valence-corrected chi connectivity index (χ2v) is 6.57. The molecular weight excluding hydrogens is 318 g/mol. The van der Waals surface area contributed by atoms with E-state index in [4.69, 9.17) is 4.74 Å². The molecule has 2 fully saturated rings. The number of nitrogens with one attached hydrogen (secondary N) is 1. The maximum atomic E-state index is 12.3. The second-order valence-electron chi connectivity index (χ2n) is 6.57. The molecule has 2 aliphatic heterocycles. The highest BCUT2D eigenvalue weighted by molar-refractivity contribution is 5.90. The molecule has 0 aromatic carbocycles. The van der Waals surface area contributed by atoms with E-state index in [1.165, 1.54) is 0 Å². The molecule has 0 radical (unpaired) electrons. The summed E-state index contributed by atoms with van der Waals surface area (Å²) < 4.78 is 5.95. The third-order valence-corrected chi connectivity index (χ3v) is 4.96. The van der Waals surface area contributed by atoms with E-state index in [1.807, 2.05) is 12.1 Å². The maximum absolute atomic E-state index is 12.3. The van der Waals surface area contributed by atoms with Crippen LogP contribution in [0.4, 0.5) is 11.6 Å². The number of amides is 1. The largest absolute Gasteiger partial charge is 0.377 e. The van der Waals surface area contributed by atoms with Gasteiger partial charge in [-0.05, 0) is 30.5 Å². The zero-order valence-electron chi connectivity index (χ0n) is 13.9. The van der Waals surface area contributed by atoms with Crippen LogP contribution >= 0.6 is 0 Å². The fourth-order valence-electron chi connectivity index (χ4n) is 3.76. The standard InChI is InChI=1S/C18H21N5O2/c24-17(22-14-3-1-5-19-10-14)9-16-15-4-8-23(11-13(15)12-25-16)18-20-6-2-7-21-18/h1-3,5-7,10,13,15-16H,4,8-9,11-12H2,(H,22,24)/t13-,15-,16+/m1/s1. The monoisotopic (exact) mass is 339 g/mol. The van der Waals surface area contributed by atoms with Crippen LogP contribution in [0.2, 0.25) is 0 Å². The summed E-state index contributed by atoms with van der Waals surface area (Å²) in [7, 11) is 0. The number of piperidine rings is 1. The predicted octanol–water partition coefficient (Wildman–Crippen LogP) is 1.74. The molecule has 0 unspecified atom stereocenters. The predicted molar refractivity (Wildman–Crippen MR) is 93.1 cm³/mol. The first-order valence-electron chi connectivity index (χ1n) is 8.63. The molecule has 0 bridgehead atoms. The minimum Gasteiger partial charge on any atom is -0.377 e. The first-order chi connectivity index (χ1) is 12.3. The summed E-state index contributed by atoms with van der Waals surface area (Å²) in [6.07, 6.45) is 8.24. The van der Waals surface area contributed by atoms with Crippen molar-refractivity contribution in [2.75, 3.05) is 29.9 Å². The number of nitrogens with zero attached hydrogens (tertiary/aromatic N) is 4. The molecule has 2 aromatic rings. The van der Waals surface area contributed by atoms with Crippen LogP contribution in [0.5, 0.6) is 0 Å². The summed E-state index contributed by atoms with van der Waals surface area (Å²) in [6.45, 7) is 2.48. The molecule has 7 heteroatoms. The molecule has 1 amide bonds. The highest BCUT2D eigenvalue weighted by atomic mass is 16.5. The minimum atomic E-state index is -0.0209. The van der Waals surface area contributed by atoms with Gasteiger partial charge in [-0.25, -0.2) is 9.97 Å². The quantitative estimate of drug-likeness (QED) is 0.914. The Bertz CT molecular complexity index is 712. The number of pyridine rings is 1. The number of ether oxygens (including phenoxy) is 1. The van der Waals surface area contributed by atoms with E-state index in [-0.39, 0.29) is 12.0 Å². The Kier molecular flexibility index (Phi) is 4.56. The van der Waals surface area contributed by atoms with Crippen LogP contribution in [0.15, 0.2) is 43.0 Å². The van der Waals surface area contributed by atoms with Crippen molar-refractivity contribution in [2.24, 2.45) is 11.8 Å². The molecule has 3 atom stereocenters. The molecule has 130 valence electrons. The van der Waals surface area contributed by atoms with Crippen molar-refractivity contribution in [2.45, 2.75) is 18.9 Å². The molecule has 4 rings (SSSR count). The van der Waals surface area contributed by atoms with E-state index in [2.05, 4.69) is 25.2 Å². The van der Waals surface area contributed by atoms with Gasteiger partial charge in [-0.15, -0.1) is 0 Å². The second kappa shape index (κ2) is 7.14. The number of fused-ring (bicyclic) bond motifs is 1. The van der Waals surface area contributed by atoms with Gasteiger partial charge >= 0.3 is 0 Å². The molecule has 2 saturated heterocycles. The number of carbonyl (C=O) groups is 1.